The first-order valence-electron chi connectivity index (χ1n) is 3.27. The van der Waals surface area contributed by atoms with Crippen LogP contribution in [0.5, 0.6) is 5.75 Å². The smallest absolute Gasteiger partial charge is 1.00 e. The summed E-state index contributed by atoms with van der Waals surface area (Å²) in [6, 6.07) is 7.10. The molecule has 0 saturated heterocycles. The van der Waals surface area contributed by atoms with E-state index in [2.05, 4.69) is 6.07 Å². The summed E-state index contributed by atoms with van der Waals surface area (Å²) >= 11 is 0. The fourth-order valence-electron chi connectivity index (χ4n) is 0.969. The Morgan fingerprint density at radius 1 is 1.17 bits per heavy atom. The third-order valence-corrected chi connectivity index (χ3v) is 1.35. The zero-order valence-electron chi connectivity index (χ0n) is 7.65. The second-order valence-electron chi connectivity index (χ2n) is 2.39. The van der Waals surface area contributed by atoms with E-state index in [-0.39, 0.29) is 40.0 Å². The van der Waals surface area contributed by atoms with Crippen molar-refractivity contribution in [2.24, 2.45) is 0 Å². The largest absolute Gasteiger partial charge is 2.00 e. The van der Waals surface area contributed by atoms with Gasteiger partial charge in [0.2, 0.25) is 0 Å². The van der Waals surface area contributed by atoms with Gasteiger partial charge in [-0.2, -0.15) is 17.2 Å². The molecule has 0 spiro atoms. The molecule has 1 nitrogen and oxygen atoms in total. The van der Waals surface area contributed by atoms with Crippen LogP contribution in [-0.2, 0) is 0 Å². The maximum atomic E-state index is 5.06. The minimum atomic E-state index is 0. The van der Waals surface area contributed by atoms with Crippen molar-refractivity contribution in [1.29, 1.82) is 0 Å². The summed E-state index contributed by atoms with van der Waals surface area (Å²) < 4.78 is 5.06. The molecule has 12 heavy (non-hydrogen) atoms. The molecule has 0 bridgehead atoms. The van der Waals surface area contributed by atoms with Gasteiger partial charge in [0.1, 0.15) is 0 Å². The fraction of sp³-hybridized carbons (Fsp3) is 0.333. The summed E-state index contributed by atoms with van der Waals surface area (Å²) in [7, 11) is 1.67. The van der Waals surface area contributed by atoms with Crippen LogP contribution in [0.1, 0.15) is 11.1 Å². The number of hydrogen-bond donors (Lipinski definition) is 0. The average molecular weight is 239 g/mol. The molecule has 0 heterocycles. The van der Waals surface area contributed by atoms with Crippen LogP contribution in [-0.4, -0.2) is 30.2 Å². The number of halogens is 1. The molecule has 0 unspecified atom stereocenters. The van der Waals surface area contributed by atoms with E-state index in [1.165, 1.54) is 0 Å². The Labute approximate surface area is 100 Å². The summed E-state index contributed by atoms with van der Waals surface area (Å²) in [4.78, 5) is 0. The zero-order chi connectivity index (χ0) is 7.56. The Balaban J connectivity index is 0. The number of benzene rings is 1. The second kappa shape index (κ2) is 6.75. The van der Waals surface area contributed by atoms with Crippen molar-refractivity contribution < 1.29 is 21.7 Å². The van der Waals surface area contributed by atoms with E-state index in [1.807, 2.05) is 26.0 Å². The monoisotopic (exact) mass is 238 g/mol. The second-order valence-corrected chi connectivity index (χ2v) is 2.39. The Hall–Kier alpha value is 0.266. The van der Waals surface area contributed by atoms with E-state index in [0.717, 1.165) is 16.9 Å². The summed E-state index contributed by atoms with van der Waals surface area (Å²) in [5, 5.41) is 0. The van der Waals surface area contributed by atoms with Gasteiger partial charge >= 0.3 is 23.1 Å². The molecule has 0 N–H and O–H groups in total. The van der Waals surface area contributed by atoms with E-state index < -0.39 is 0 Å². The molecule has 0 aliphatic rings. The van der Waals surface area contributed by atoms with Crippen LogP contribution < -0.4 is 21.7 Å². The predicted octanol–water partition coefficient (Wildman–Crippen LogP) is -1.26. The number of hydrogen-bond acceptors (Lipinski definition) is 1. The molecule has 3 heteroatoms. The van der Waals surface area contributed by atoms with E-state index in [1.54, 1.807) is 7.11 Å². The summed E-state index contributed by atoms with van der Waals surface area (Å²) in [5.74, 6) is 0.911. The molecule has 0 radical (unpaired) electrons. The number of rotatable bonds is 1. The van der Waals surface area contributed by atoms with Gasteiger partial charge in [-0.1, -0.05) is 13.8 Å². The maximum Gasteiger partial charge on any atom is 2.00 e. The molecular formula is C9H11BrMgO. The molecule has 0 saturated carbocycles. The molecule has 1 aromatic carbocycles. The fourth-order valence-corrected chi connectivity index (χ4v) is 0.969. The maximum absolute atomic E-state index is 5.06. The number of methoxy groups -OCH3 is 1. The van der Waals surface area contributed by atoms with Crippen LogP contribution in [0.15, 0.2) is 12.1 Å². The quantitative estimate of drug-likeness (QED) is 0.439. The van der Waals surface area contributed by atoms with Crippen molar-refractivity contribution >= 4 is 23.1 Å². The van der Waals surface area contributed by atoms with Gasteiger partial charge in [0.15, 0.2) is 0 Å². The number of ether oxygens (including phenoxy) is 1. The van der Waals surface area contributed by atoms with Gasteiger partial charge in [-0.3, -0.25) is 0 Å². The first kappa shape index (κ1) is 14.8. The standard InChI is InChI=1S/C9H11O.BrH.Mg/c1-7-4-8(2)6-9(5-7)10-3;;/h5-6H,1-3H3;1H;/q-1;;+2/p-1. The third-order valence-electron chi connectivity index (χ3n) is 1.35. The molecule has 1 rings (SSSR count). The van der Waals surface area contributed by atoms with Gasteiger partial charge in [0, 0.05) is 5.75 Å². The first-order chi connectivity index (χ1) is 4.72. The molecule has 1 aromatic rings. The van der Waals surface area contributed by atoms with E-state index in [0.29, 0.717) is 0 Å². The molecule has 0 atom stereocenters. The molecule has 0 aliphatic carbocycles. The van der Waals surface area contributed by atoms with Crippen molar-refractivity contribution in [2.45, 2.75) is 13.8 Å². The Morgan fingerprint density at radius 2 is 1.58 bits per heavy atom. The average Bonchev–Trinajstić information content (AvgIpc) is 1.85. The van der Waals surface area contributed by atoms with Gasteiger partial charge < -0.3 is 21.7 Å². The van der Waals surface area contributed by atoms with Crippen molar-refractivity contribution in [1.82, 2.24) is 0 Å². The summed E-state index contributed by atoms with van der Waals surface area (Å²) in [5.41, 5.74) is 2.24. The number of aryl methyl sites for hydroxylation is 2. The third kappa shape index (κ3) is 4.33. The van der Waals surface area contributed by atoms with Crippen molar-refractivity contribution in [3.05, 3.63) is 29.3 Å². The summed E-state index contributed by atoms with van der Waals surface area (Å²) in [6.45, 7) is 4.02. The summed E-state index contributed by atoms with van der Waals surface area (Å²) in [6.07, 6.45) is 0. The molecule has 0 amide bonds. The topological polar surface area (TPSA) is 9.23 Å². The Morgan fingerprint density at radius 3 is 1.92 bits per heavy atom. The van der Waals surface area contributed by atoms with Gasteiger partial charge in [0.05, 0.1) is 7.11 Å². The van der Waals surface area contributed by atoms with Gasteiger partial charge in [0.25, 0.3) is 0 Å². The van der Waals surface area contributed by atoms with Crippen LogP contribution in [0.25, 0.3) is 0 Å². The molecule has 0 aromatic heterocycles. The van der Waals surface area contributed by atoms with E-state index >= 15 is 0 Å². The van der Waals surface area contributed by atoms with E-state index in [9.17, 15) is 0 Å². The molecule has 62 valence electrons. The van der Waals surface area contributed by atoms with Crippen LogP contribution in [0.3, 0.4) is 0 Å². The van der Waals surface area contributed by atoms with Crippen LogP contribution >= 0.6 is 0 Å². The van der Waals surface area contributed by atoms with Crippen molar-refractivity contribution in [2.75, 3.05) is 7.11 Å². The molecule has 0 aliphatic heterocycles. The minimum Gasteiger partial charge on any atom is -1.00 e. The van der Waals surface area contributed by atoms with Crippen LogP contribution in [0.4, 0.5) is 0 Å². The zero-order valence-corrected chi connectivity index (χ0v) is 10.6. The van der Waals surface area contributed by atoms with Gasteiger partial charge in [-0.15, -0.1) is 12.1 Å². The predicted molar refractivity (Wildman–Crippen MR) is 47.1 cm³/mol. The molecular weight excluding hydrogens is 228 g/mol. The first-order valence-corrected chi connectivity index (χ1v) is 3.27. The van der Waals surface area contributed by atoms with Gasteiger partial charge in [-0.25, -0.2) is 0 Å². The normalized spacial score (nSPS) is 7.92. The SMILES string of the molecule is COc1cc(C)[c-]c(C)c1.[Br-].[Mg+2]. The van der Waals surface area contributed by atoms with Crippen molar-refractivity contribution in [3.63, 3.8) is 0 Å². The van der Waals surface area contributed by atoms with Gasteiger partial charge in [-0.05, 0) is 0 Å². The minimum absolute atomic E-state index is 0. The van der Waals surface area contributed by atoms with Crippen LogP contribution in [0, 0.1) is 19.9 Å². The Kier molecular flexibility index (Phi) is 8.31. The Bertz CT molecular complexity index is 218. The van der Waals surface area contributed by atoms with Crippen LogP contribution in [0.2, 0.25) is 0 Å². The van der Waals surface area contributed by atoms with E-state index in [4.69, 9.17) is 4.74 Å². The molecule has 0 fully saturated rings. The van der Waals surface area contributed by atoms with Crippen molar-refractivity contribution in [3.8, 4) is 5.75 Å².